The molecule has 1 aromatic rings. The summed E-state index contributed by atoms with van der Waals surface area (Å²) in [7, 11) is 0. The van der Waals surface area contributed by atoms with E-state index in [2.05, 4.69) is 0 Å². The van der Waals surface area contributed by atoms with Gasteiger partial charge < -0.3 is 5.11 Å². The maximum Gasteiger partial charge on any atom is 0.338 e. The third-order valence-corrected chi connectivity index (χ3v) is 1.69. The van der Waals surface area contributed by atoms with E-state index in [-0.39, 0.29) is 5.56 Å². The van der Waals surface area contributed by atoms with E-state index in [9.17, 15) is 9.18 Å². The number of carboxylic acids is 1. The number of hydrogen-bond acceptors (Lipinski definition) is 1. The zero-order valence-corrected chi connectivity index (χ0v) is 6.67. The van der Waals surface area contributed by atoms with Gasteiger partial charge in [-0.15, -0.1) is 0 Å². The Morgan fingerprint density at radius 1 is 1.58 bits per heavy atom. The fourth-order valence-electron chi connectivity index (χ4n) is 1.10. The van der Waals surface area contributed by atoms with Gasteiger partial charge in [-0.05, 0) is 18.1 Å². The van der Waals surface area contributed by atoms with Crippen LogP contribution in [0.1, 0.15) is 22.8 Å². The second kappa shape index (κ2) is 3.34. The number of rotatable bonds is 2. The average molecular weight is 168 g/mol. The van der Waals surface area contributed by atoms with Gasteiger partial charge in [-0.3, -0.25) is 0 Å². The molecule has 64 valence electrons. The van der Waals surface area contributed by atoms with Crippen LogP contribution in [0.4, 0.5) is 4.39 Å². The van der Waals surface area contributed by atoms with Crippen molar-refractivity contribution in [3.63, 3.8) is 0 Å². The van der Waals surface area contributed by atoms with Gasteiger partial charge in [0.05, 0.1) is 5.56 Å². The Balaban J connectivity index is 3.29. The lowest BCUT2D eigenvalue weighted by Gasteiger charge is -2.02. The lowest BCUT2D eigenvalue weighted by molar-refractivity contribution is 0.0690. The Morgan fingerprint density at radius 3 is 2.67 bits per heavy atom. The van der Waals surface area contributed by atoms with Crippen molar-refractivity contribution in [2.75, 3.05) is 0 Å². The van der Waals surface area contributed by atoms with E-state index in [0.717, 1.165) is 6.07 Å². The second-order valence-corrected chi connectivity index (χ2v) is 2.43. The molecule has 0 unspecified atom stereocenters. The molecule has 1 aromatic carbocycles. The number of aromatic carboxylic acids is 1. The minimum Gasteiger partial charge on any atom is -0.478 e. The standard InChI is InChI=1S/C9H9FO2/c1-2-6-4-3-5-7(10)8(6)9(11)12/h3-5H,2H2,1H3,(H,11,12). The molecular weight excluding hydrogens is 159 g/mol. The molecular formula is C9H9FO2. The van der Waals surface area contributed by atoms with Gasteiger partial charge in [0.15, 0.2) is 0 Å². The molecule has 0 aromatic heterocycles. The Morgan fingerprint density at radius 2 is 2.25 bits per heavy atom. The third kappa shape index (κ3) is 1.44. The molecule has 0 amide bonds. The second-order valence-electron chi connectivity index (χ2n) is 2.43. The summed E-state index contributed by atoms with van der Waals surface area (Å²) in [4.78, 5) is 10.6. The number of carboxylic acid groups (broad SMARTS) is 1. The quantitative estimate of drug-likeness (QED) is 0.734. The largest absolute Gasteiger partial charge is 0.478 e. The van der Waals surface area contributed by atoms with Crippen molar-refractivity contribution in [1.29, 1.82) is 0 Å². The van der Waals surface area contributed by atoms with Gasteiger partial charge in [-0.1, -0.05) is 19.1 Å². The van der Waals surface area contributed by atoms with Crippen LogP contribution in [0.15, 0.2) is 18.2 Å². The highest BCUT2D eigenvalue weighted by atomic mass is 19.1. The zero-order chi connectivity index (χ0) is 9.14. The molecule has 2 nitrogen and oxygen atoms in total. The van der Waals surface area contributed by atoms with Gasteiger partial charge in [0.1, 0.15) is 5.82 Å². The van der Waals surface area contributed by atoms with Crippen molar-refractivity contribution >= 4 is 5.97 Å². The lowest BCUT2D eigenvalue weighted by Crippen LogP contribution is -2.04. The molecule has 0 saturated carbocycles. The van der Waals surface area contributed by atoms with Crippen molar-refractivity contribution in [3.8, 4) is 0 Å². The Labute approximate surface area is 69.6 Å². The molecule has 0 saturated heterocycles. The monoisotopic (exact) mass is 168 g/mol. The Hall–Kier alpha value is -1.38. The molecule has 12 heavy (non-hydrogen) atoms. The fourth-order valence-corrected chi connectivity index (χ4v) is 1.10. The zero-order valence-electron chi connectivity index (χ0n) is 6.67. The van der Waals surface area contributed by atoms with Gasteiger partial charge in [0, 0.05) is 0 Å². The van der Waals surface area contributed by atoms with Gasteiger partial charge in [0.25, 0.3) is 0 Å². The van der Waals surface area contributed by atoms with Gasteiger partial charge in [-0.2, -0.15) is 0 Å². The summed E-state index contributed by atoms with van der Waals surface area (Å²) >= 11 is 0. The van der Waals surface area contributed by atoms with Gasteiger partial charge in [-0.25, -0.2) is 9.18 Å². The summed E-state index contributed by atoms with van der Waals surface area (Å²) in [5.41, 5.74) is 0.322. The van der Waals surface area contributed by atoms with Crippen molar-refractivity contribution in [1.82, 2.24) is 0 Å². The average Bonchev–Trinajstić information content (AvgIpc) is 2.03. The summed E-state index contributed by atoms with van der Waals surface area (Å²) in [6, 6.07) is 4.29. The molecule has 0 atom stereocenters. The van der Waals surface area contributed by atoms with Gasteiger partial charge >= 0.3 is 5.97 Å². The first-order valence-electron chi connectivity index (χ1n) is 3.67. The predicted molar refractivity (Wildman–Crippen MR) is 42.7 cm³/mol. The van der Waals surface area contributed by atoms with E-state index in [0.29, 0.717) is 12.0 Å². The molecule has 0 spiro atoms. The molecule has 0 aliphatic heterocycles. The molecule has 0 bridgehead atoms. The van der Waals surface area contributed by atoms with E-state index in [1.807, 2.05) is 0 Å². The lowest BCUT2D eigenvalue weighted by atomic mass is 10.1. The van der Waals surface area contributed by atoms with Crippen molar-refractivity contribution < 1.29 is 14.3 Å². The Bertz CT molecular complexity index is 307. The van der Waals surface area contributed by atoms with Crippen LogP contribution in [-0.2, 0) is 6.42 Å². The third-order valence-electron chi connectivity index (χ3n) is 1.69. The highest BCUT2D eigenvalue weighted by molar-refractivity contribution is 5.89. The van der Waals surface area contributed by atoms with Gasteiger partial charge in [0.2, 0.25) is 0 Å². The fraction of sp³-hybridized carbons (Fsp3) is 0.222. The summed E-state index contributed by atoms with van der Waals surface area (Å²) in [6.07, 6.45) is 0.527. The maximum absolute atomic E-state index is 12.9. The summed E-state index contributed by atoms with van der Waals surface area (Å²) in [5, 5.41) is 8.64. The normalized spacial score (nSPS) is 9.83. The van der Waals surface area contributed by atoms with E-state index in [1.54, 1.807) is 13.0 Å². The minimum atomic E-state index is -1.20. The van der Waals surface area contributed by atoms with E-state index in [1.165, 1.54) is 6.07 Å². The van der Waals surface area contributed by atoms with Crippen LogP contribution >= 0.6 is 0 Å². The van der Waals surface area contributed by atoms with Crippen molar-refractivity contribution in [3.05, 3.63) is 35.1 Å². The molecule has 0 aliphatic rings. The molecule has 0 aliphatic carbocycles. The maximum atomic E-state index is 12.9. The summed E-state index contributed by atoms with van der Waals surface area (Å²) < 4.78 is 12.9. The van der Waals surface area contributed by atoms with Crippen LogP contribution in [-0.4, -0.2) is 11.1 Å². The molecule has 3 heteroatoms. The van der Waals surface area contributed by atoms with Crippen LogP contribution < -0.4 is 0 Å². The molecule has 0 radical (unpaired) electrons. The molecule has 0 heterocycles. The highest BCUT2D eigenvalue weighted by Crippen LogP contribution is 2.13. The molecule has 1 rings (SSSR count). The van der Waals surface area contributed by atoms with E-state index in [4.69, 9.17) is 5.11 Å². The number of carbonyl (C=O) groups is 1. The number of halogens is 1. The minimum absolute atomic E-state index is 0.208. The van der Waals surface area contributed by atoms with Crippen LogP contribution in [0.3, 0.4) is 0 Å². The SMILES string of the molecule is CCc1cccc(F)c1C(=O)O. The first kappa shape index (κ1) is 8.71. The first-order chi connectivity index (χ1) is 5.66. The van der Waals surface area contributed by atoms with E-state index < -0.39 is 11.8 Å². The highest BCUT2D eigenvalue weighted by Gasteiger charge is 2.13. The first-order valence-corrected chi connectivity index (χ1v) is 3.67. The number of benzene rings is 1. The topological polar surface area (TPSA) is 37.3 Å². The van der Waals surface area contributed by atoms with Crippen LogP contribution in [0.2, 0.25) is 0 Å². The molecule has 0 fully saturated rings. The smallest absolute Gasteiger partial charge is 0.338 e. The molecule has 1 N–H and O–H groups in total. The summed E-state index contributed by atoms with van der Waals surface area (Å²) in [5.74, 6) is -1.87. The van der Waals surface area contributed by atoms with Crippen molar-refractivity contribution in [2.24, 2.45) is 0 Å². The van der Waals surface area contributed by atoms with Crippen LogP contribution in [0.5, 0.6) is 0 Å². The van der Waals surface area contributed by atoms with E-state index >= 15 is 0 Å². The van der Waals surface area contributed by atoms with Crippen LogP contribution in [0, 0.1) is 5.82 Å². The Kier molecular flexibility index (Phi) is 2.43. The van der Waals surface area contributed by atoms with Crippen LogP contribution in [0.25, 0.3) is 0 Å². The summed E-state index contributed by atoms with van der Waals surface area (Å²) in [6.45, 7) is 1.79. The number of aryl methyl sites for hydroxylation is 1. The predicted octanol–water partition coefficient (Wildman–Crippen LogP) is 2.09. The number of hydrogen-bond donors (Lipinski definition) is 1. The van der Waals surface area contributed by atoms with Crippen molar-refractivity contribution in [2.45, 2.75) is 13.3 Å².